The minimum absolute atomic E-state index is 0. The molecular formula is C13H13FN3NaO7S. The summed E-state index contributed by atoms with van der Waals surface area (Å²) in [5.74, 6) is -4.43. The van der Waals surface area contributed by atoms with E-state index in [-0.39, 0.29) is 53.7 Å². The number of cyclic esters (lactones) is 1. The number of nitrogens with two attached hydrogens (primary N) is 1. The van der Waals surface area contributed by atoms with Crippen molar-refractivity contribution in [3.8, 4) is 0 Å². The number of carboxylic acid groups (broad SMARTS) is 1. The summed E-state index contributed by atoms with van der Waals surface area (Å²) in [5, 5.41) is 11.8. The van der Waals surface area contributed by atoms with Gasteiger partial charge in [-0.2, -0.15) is 5.06 Å². The summed E-state index contributed by atoms with van der Waals surface area (Å²) in [6, 6.07) is -1.27. The molecule has 2 saturated heterocycles. The number of hydroxylamine groups is 2. The molecule has 0 aromatic heterocycles. The number of carbonyl (C=O) groups excluding carboxylic acids is 4. The van der Waals surface area contributed by atoms with Gasteiger partial charge in [-0.3, -0.25) is 19.2 Å². The average Bonchev–Trinajstić information content (AvgIpc) is 3.08. The number of hydrogen-bond acceptors (Lipinski definition) is 8. The van der Waals surface area contributed by atoms with Gasteiger partial charge in [0.25, 0.3) is 11.6 Å². The summed E-state index contributed by atoms with van der Waals surface area (Å²) >= 11 is 4.95. The minimum Gasteiger partial charge on any atom is -0.544 e. The number of nitrogens with zero attached hydrogens (tertiary/aromatic N) is 2. The molecule has 0 bridgehead atoms. The number of carbonyl (C=O) groups is 4. The van der Waals surface area contributed by atoms with E-state index in [0.717, 1.165) is 11.1 Å². The first kappa shape index (κ1) is 22.4. The number of thiocarbonyl (C=S) groups is 1. The van der Waals surface area contributed by atoms with Gasteiger partial charge in [0.15, 0.2) is 0 Å². The van der Waals surface area contributed by atoms with Crippen molar-refractivity contribution >= 4 is 41.0 Å². The quantitative estimate of drug-likeness (QED) is 0.264. The summed E-state index contributed by atoms with van der Waals surface area (Å²) in [6.07, 6.45) is -0.193. The van der Waals surface area contributed by atoms with Crippen LogP contribution in [0.1, 0.15) is 19.3 Å². The molecule has 26 heavy (non-hydrogen) atoms. The number of carboxylic acids is 1. The number of amides is 2. The maximum atomic E-state index is 12.6. The second-order valence-electron chi connectivity index (χ2n) is 5.21. The summed E-state index contributed by atoms with van der Waals surface area (Å²) in [6.45, 7) is -0.422. The maximum Gasteiger partial charge on any atom is 1.00 e. The molecule has 0 aliphatic carbocycles. The van der Waals surface area contributed by atoms with E-state index >= 15 is 0 Å². The van der Waals surface area contributed by atoms with Gasteiger partial charge in [0.05, 0.1) is 17.8 Å². The molecule has 0 aromatic rings. The smallest absolute Gasteiger partial charge is 0.544 e. The fourth-order valence-corrected chi connectivity index (χ4v) is 2.82. The Morgan fingerprint density at radius 3 is 2.62 bits per heavy atom. The van der Waals surface area contributed by atoms with E-state index in [2.05, 4.69) is 0 Å². The molecule has 13 heteroatoms. The van der Waals surface area contributed by atoms with Gasteiger partial charge in [-0.05, 0) is 0 Å². The predicted octanol–water partition coefficient (Wildman–Crippen LogP) is -5.14. The molecule has 1 unspecified atom stereocenters. The number of rotatable bonds is 6. The van der Waals surface area contributed by atoms with E-state index in [1.54, 1.807) is 0 Å². The Balaban J connectivity index is 0.00000338. The Morgan fingerprint density at radius 2 is 2.15 bits per heavy atom. The molecule has 2 heterocycles. The Hall–Kier alpha value is -1.60. The van der Waals surface area contributed by atoms with Crippen LogP contribution in [0.5, 0.6) is 0 Å². The van der Waals surface area contributed by atoms with Crippen LogP contribution in [0.3, 0.4) is 0 Å². The molecule has 0 radical (unpaired) electrons. The SMILES string of the molecule is NC(=O)CC(=S)N(C=CF)[C@H]1CON(C2(C(=O)[O-])CCC(=O)O2)C1=O.[Na+]. The van der Waals surface area contributed by atoms with Crippen LogP contribution < -0.4 is 40.4 Å². The number of esters is 1. The minimum atomic E-state index is -2.40. The number of ether oxygens (including phenoxy) is 1. The van der Waals surface area contributed by atoms with Gasteiger partial charge in [-0.25, -0.2) is 4.39 Å². The molecule has 2 N–H and O–H groups in total. The largest absolute Gasteiger partial charge is 1.00 e. The van der Waals surface area contributed by atoms with Crippen LogP contribution in [0.2, 0.25) is 0 Å². The van der Waals surface area contributed by atoms with E-state index < -0.39 is 48.5 Å². The van der Waals surface area contributed by atoms with E-state index in [1.165, 1.54) is 0 Å². The first-order chi connectivity index (χ1) is 11.7. The number of primary amides is 1. The third-order valence-corrected chi connectivity index (χ3v) is 3.97. The second-order valence-corrected chi connectivity index (χ2v) is 5.68. The molecule has 0 aromatic carbocycles. The number of halogens is 1. The average molecular weight is 397 g/mol. The Labute approximate surface area is 174 Å². The molecule has 10 nitrogen and oxygen atoms in total. The van der Waals surface area contributed by atoms with Crippen molar-refractivity contribution in [3.63, 3.8) is 0 Å². The van der Waals surface area contributed by atoms with Gasteiger partial charge in [0.2, 0.25) is 5.91 Å². The zero-order valence-corrected chi connectivity index (χ0v) is 16.5. The van der Waals surface area contributed by atoms with E-state index in [4.69, 9.17) is 27.5 Å². The Kier molecular flexibility index (Phi) is 7.65. The van der Waals surface area contributed by atoms with E-state index in [9.17, 15) is 28.7 Å². The van der Waals surface area contributed by atoms with E-state index in [0.29, 0.717) is 5.06 Å². The van der Waals surface area contributed by atoms with Crippen molar-refractivity contribution in [1.29, 1.82) is 0 Å². The van der Waals surface area contributed by atoms with Gasteiger partial charge >= 0.3 is 35.5 Å². The normalized spacial score (nSPS) is 25.1. The van der Waals surface area contributed by atoms with Crippen LogP contribution in [0.25, 0.3) is 0 Å². The second kappa shape index (κ2) is 8.86. The fourth-order valence-electron chi connectivity index (χ4n) is 2.49. The van der Waals surface area contributed by atoms with Crippen LogP contribution in [0.15, 0.2) is 12.5 Å². The molecule has 2 atom stereocenters. The van der Waals surface area contributed by atoms with Crippen LogP contribution in [0, 0.1) is 0 Å². The predicted molar refractivity (Wildman–Crippen MR) is 78.1 cm³/mol. The van der Waals surface area contributed by atoms with Gasteiger partial charge in [-0.1, -0.05) is 12.2 Å². The summed E-state index contributed by atoms with van der Waals surface area (Å²) in [5.41, 5.74) is 2.62. The van der Waals surface area contributed by atoms with Gasteiger partial charge in [0.1, 0.15) is 24.9 Å². The fraction of sp³-hybridized carbons (Fsp3) is 0.462. The molecule has 2 aliphatic heterocycles. The number of hydrogen-bond donors (Lipinski definition) is 1. The maximum absolute atomic E-state index is 12.6. The zero-order chi connectivity index (χ0) is 18.8. The van der Waals surface area contributed by atoms with Crippen molar-refractivity contribution in [3.05, 3.63) is 12.5 Å². The molecule has 0 saturated carbocycles. The van der Waals surface area contributed by atoms with Gasteiger partial charge in [-0.15, -0.1) is 0 Å². The van der Waals surface area contributed by atoms with E-state index in [1.807, 2.05) is 0 Å². The molecule has 2 rings (SSSR count). The summed E-state index contributed by atoms with van der Waals surface area (Å²) in [7, 11) is 0. The Morgan fingerprint density at radius 1 is 1.50 bits per heavy atom. The van der Waals surface area contributed by atoms with Crippen molar-refractivity contribution in [2.75, 3.05) is 6.61 Å². The summed E-state index contributed by atoms with van der Waals surface area (Å²) < 4.78 is 17.4. The molecule has 2 aliphatic rings. The Bertz CT molecular complexity index is 676. The number of aliphatic carboxylic acids is 1. The van der Waals surface area contributed by atoms with Crippen LogP contribution in [-0.2, 0) is 28.8 Å². The van der Waals surface area contributed by atoms with Crippen LogP contribution in [0.4, 0.5) is 4.39 Å². The molecule has 2 fully saturated rings. The molecule has 136 valence electrons. The third kappa shape index (κ3) is 4.20. The van der Waals surface area contributed by atoms with Gasteiger partial charge in [0, 0.05) is 12.6 Å². The van der Waals surface area contributed by atoms with Gasteiger partial charge < -0.3 is 25.3 Å². The van der Waals surface area contributed by atoms with Crippen molar-refractivity contribution < 1.29 is 67.8 Å². The van der Waals surface area contributed by atoms with Crippen LogP contribution >= 0.6 is 12.2 Å². The van der Waals surface area contributed by atoms with Crippen molar-refractivity contribution in [1.82, 2.24) is 9.96 Å². The standard InChI is InChI=1S/C13H14FN3O7S.Na/c14-3-4-16(9(25)5-8(15)18)7-6-23-17(11(7)20)13(12(21)22)2-1-10(19)24-13;/h3-4,7H,1-2,5-6H2,(H2,15,18)(H,21,22);/q;+1/p-1/t7-,13?;/m0./s1. The molecule has 0 spiro atoms. The van der Waals surface area contributed by atoms with Crippen molar-refractivity contribution in [2.24, 2.45) is 5.73 Å². The monoisotopic (exact) mass is 397 g/mol. The zero-order valence-electron chi connectivity index (χ0n) is 13.7. The van der Waals surface area contributed by atoms with Crippen molar-refractivity contribution in [2.45, 2.75) is 31.0 Å². The summed E-state index contributed by atoms with van der Waals surface area (Å²) in [4.78, 5) is 52.1. The first-order valence-electron chi connectivity index (χ1n) is 6.99. The molecule has 2 amide bonds. The van der Waals surface area contributed by atoms with Crippen LogP contribution in [-0.4, -0.2) is 57.1 Å². The molecular weight excluding hydrogens is 384 g/mol. The topological polar surface area (TPSA) is 142 Å². The third-order valence-electron chi connectivity index (χ3n) is 3.61. The first-order valence-corrected chi connectivity index (χ1v) is 7.40.